The molecule has 6 heteroatoms. The second kappa shape index (κ2) is 29.6. The fourth-order valence-electron chi connectivity index (χ4n) is 10.7. The van der Waals surface area contributed by atoms with E-state index in [0.717, 1.165) is 72.3 Å². The third kappa shape index (κ3) is 24.2. The molecule has 0 spiro atoms. The van der Waals surface area contributed by atoms with Gasteiger partial charge in [-0.1, -0.05) is 167 Å². The molecule has 0 radical (unpaired) electrons. The smallest absolute Gasteiger partial charge is 0.0101 e. The molecule has 0 unspecified atom stereocenters. The van der Waals surface area contributed by atoms with Crippen LogP contribution < -0.4 is 16.4 Å². The summed E-state index contributed by atoms with van der Waals surface area (Å²) in [6.45, 7) is 55.9. The van der Waals surface area contributed by atoms with Crippen molar-refractivity contribution < 1.29 is 0 Å². The monoisotopic (exact) mass is 963 g/mol. The van der Waals surface area contributed by atoms with Gasteiger partial charge in [0.15, 0.2) is 0 Å². The molecule has 6 aliphatic rings. The van der Waals surface area contributed by atoms with Crippen LogP contribution in [-0.2, 0) is 0 Å². The summed E-state index contributed by atoms with van der Waals surface area (Å²) < 4.78 is 0. The molecular formula is C62H134N6. The number of nitrogens with one attached hydrogen (secondary N) is 2. The van der Waals surface area contributed by atoms with E-state index in [1.165, 1.54) is 96.7 Å². The number of nitrogens with zero attached hydrogens (tertiary/aromatic N) is 3. The van der Waals surface area contributed by atoms with Crippen molar-refractivity contribution in [3.05, 3.63) is 0 Å². The molecule has 6 aliphatic carbocycles. The van der Waals surface area contributed by atoms with Gasteiger partial charge in [-0.15, -0.1) is 0 Å². The van der Waals surface area contributed by atoms with E-state index in [1.807, 2.05) is 0 Å². The van der Waals surface area contributed by atoms with Gasteiger partial charge in [0, 0.05) is 36.3 Å². The van der Waals surface area contributed by atoms with Crippen LogP contribution in [0.2, 0.25) is 0 Å². The van der Waals surface area contributed by atoms with Crippen molar-refractivity contribution in [2.75, 3.05) is 54.4 Å². The van der Waals surface area contributed by atoms with E-state index in [9.17, 15) is 0 Å². The molecule has 0 bridgehead atoms. The van der Waals surface area contributed by atoms with Crippen LogP contribution in [0.4, 0.5) is 0 Å². The highest BCUT2D eigenvalue weighted by atomic mass is 15.2. The van der Waals surface area contributed by atoms with Crippen LogP contribution in [0.25, 0.3) is 0 Å². The molecule has 68 heavy (non-hydrogen) atoms. The van der Waals surface area contributed by atoms with Gasteiger partial charge in [-0.25, -0.2) is 0 Å². The average Bonchev–Trinajstić information content (AvgIpc) is 3.02. The molecule has 412 valence electrons. The van der Waals surface area contributed by atoms with Gasteiger partial charge in [-0.05, 0) is 199 Å². The maximum atomic E-state index is 5.67. The summed E-state index contributed by atoms with van der Waals surface area (Å²) in [5.74, 6) is 5.65. The van der Waals surface area contributed by atoms with Gasteiger partial charge in [0.1, 0.15) is 0 Å². The summed E-state index contributed by atoms with van der Waals surface area (Å²) in [6.07, 6.45) is 16.5. The van der Waals surface area contributed by atoms with E-state index >= 15 is 0 Å². The molecule has 6 saturated carbocycles. The van der Waals surface area contributed by atoms with Crippen LogP contribution >= 0.6 is 0 Å². The number of hydrogen-bond donors (Lipinski definition) is 3. The Bertz CT molecular complexity index is 1240. The van der Waals surface area contributed by atoms with Crippen molar-refractivity contribution in [1.82, 2.24) is 25.3 Å². The third-order valence-electron chi connectivity index (χ3n) is 18.2. The molecule has 0 amide bonds. The molecule has 0 aliphatic heterocycles. The third-order valence-corrected chi connectivity index (χ3v) is 18.2. The minimum Gasteiger partial charge on any atom is -0.328 e. The lowest BCUT2D eigenvalue weighted by Gasteiger charge is -2.48. The Morgan fingerprint density at radius 3 is 0.912 bits per heavy atom. The molecule has 6 fully saturated rings. The summed E-state index contributed by atoms with van der Waals surface area (Å²) in [5.41, 5.74) is 8.83. The lowest BCUT2D eigenvalue weighted by Crippen LogP contribution is -2.48. The Morgan fingerprint density at radius 1 is 0.397 bits per heavy atom. The molecule has 0 aromatic carbocycles. The molecule has 0 heterocycles. The number of rotatable bonds is 9. The standard InChI is InChI=1S/C12H25N.C11H23N.2C10H21N.C9H19N.C8H17N.2CH4/c1-6-13(7-2)11-8-10(9-11)12(3,4)5;1-6-12(5)10-7-9(8-10)11(2,3)4;1-10(2,3)8-6-9(7-8)11(4)5;1-5-11-9-6-8(7-9)10(2,3)4;1-9(2,3)7-5-8(6-7)10-4;1-8(2,3)6-4-7(9)5-6;;/h10-11H,6-9H2,1-5H3;9-10H,6-8H2,1-5H3;8-9H,6-7H2,1-5H3;8-9,11H,5-7H2,1-4H3;7-8,10H,5-6H2,1-4H3;6-7H,4-5,9H2,1-3H3;2*1H4. The Balaban J connectivity index is 0. The molecule has 4 N–H and O–H groups in total. The van der Waals surface area contributed by atoms with Crippen molar-refractivity contribution in [3.8, 4) is 0 Å². The first-order chi connectivity index (χ1) is 29.9. The van der Waals surface area contributed by atoms with Gasteiger partial charge >= 0.3 is 0 Å². The normalized spacial score (nSPS) is 31.0. The molecule has 0 aromatic heterocycles. The quantitative estimate of drug-likeness (QED) is 0.214. The zero-order chi connectivity index (χ0) is 51.4. The van der Waals surface area contributed by atoms with Crippen molar-refractivity contribution in [3.63, 3.8) is 0 Å². The summed E-state index contributed by atoms with van der Waals surface area (Å²) >= 11 is 0. The van der Waals surface area contributed by atoms with E-state index in [1.54, 1.807) is 0 Å². The fraction of sp³-hybridized carbons (Fsp3) is 1.00. The van der Waals surface area contributed by atoms with Gasteiger partial charge in [-0.3, -0.25) is 0 Å². The first-order valence-electron chi connectivity index (χ1n) is 28.2. The molecule has 0 saturated heterocycles. The zero-order valence-electron chi connectivity index (χ0n) is 50.2. The van der Waals surface area contributed by atoms with Crippen LogP contribution in [0.5, 0.6) is 0 Å². The first kappa shape index (κ1) is 69.8. The summed E-state index contributed by atoms with van der Waals surface area (Å²) in [5, 5.41) is 6.79. The molecule has 6 nitrogen and oxygen atoms in total. The molecule has 0 aromatic rings. The molecule has 6 rings (SSSR count). The van der Waals surface area contributed by atoms with Crippen LogP contribution in [0.15, 0.2) is 0 Å². The first-order valence-corrected chi connectivity index (χ1v) is 28.2. The summed E-state index contributed by atoms with van der Waals surface area (Å²) in [6, 6.07) is 4.76. The van der Waals surface area contributed by atoms with Crippen molar-refractivity contribution in [2.24, 2.45) is 73.7 Å². The summed E-state index contributed by atoms with van der Waals surface area (Å²) in [7, 11) is 8.67. The molecule has 0 atom stereocenters. The second-order valence-corrected chi connectivity index (χ2v) is 29.4. The number of nitrogens with two attached hydrogens (primary N) is 1. The van der Waals surface area contributed by atoms with E-state index in [-0.39, 0.29) is 14.9 Å². The van der Waals surface area contributed by atoms with Crippen LogP contribution in [0.3, 0.4) is 0 Å². The second-order valence-electron chi connectivity index (χ2n) is 29.4. The fourth-order valence-corrected chi connectivity index (χ4v) is 10.7. The predicted octanol–water partition coefficient (Wildman–Crippen LogP) is 15.8. The van der Waals surface area contributed by atoms with E-state index in [4.69, 9.17) is 5.73 Å². The minimum absolute atomic E-state index is 0. The van der Waals surface area contributed by atoms with Gasteiger partial charge in [0.25, 0.3) is 0 Å². The van der Waals surface area contributed by atoms with Crippen molar-refractivity contribution in [2.45, 2.75) is 280 Å². The van der Waals surface area contributed by atoms with Crippen LogP contribution in [0.1, 0.15) is 244 Å². The Morgan fingerprint density at radius 2 is 0.676 bits per heavy atom. The summed E-state index contributed by atoms with van der Waals surface area (Å²) in [4.78, 5) is 7.42. The lowest BCUT2D eigenvalue weighted by atomic mass is 9.65. The van der Waals surface area contributed by atoms with Gasteiger partial charge < -0.3 is 31.1 Å². The van der Waals surface area contributed by atoms with E-state index in [0.29, 0.717) is 38.5 Å². The largest absolute Gasteiger partial charge is 0.328 e. The Labute approximate surface area is 432 Å². The lowest BCUT2D eigenvalue weighted by molar-refractivity contribution is 0.0263. The van der Waals surface area contributed by atoms with Crippen molar-refractivity contribution in [1.29, 1.82) is 0 Å². The maximum absolute atomic E-state index is 5.67. The predicted molar refractivity (Wildman–Crippen MR) is 311 cm³/mol. The van der Waals surface area contributed by atoms with Crippen LogP contribution in [0, 0.1) is 68.0 Å². The highest BCUT2D eigenvalue weighted by Crippen LogP contribution is 2.46. The molecular weight excluding hydrogens is 829 g/mol. The zero-order valence-corrected chi connectivity index (χ0v) is 50.2. The SMILES string of the molecule is C.C.CC(C)(C)C1CC(N)C1.CCN(C)C1CC(C(C)(C)C)C1.CCN(CC)C1CC(C(C)(C)C)C1.CCNC1CC(C(C)(C)C)C1.CN(C)C1CC(C(C)(C)C)C1.CNC1CC(C(C)(C)C)C1. The van der Waals surface area contributed by atoms with E-state index in [2.05, 4.69) is 206 Å². The van der Waals surface area contributed by atoms with E-state index < -0.39 is 0 Å². The Kier molecular flexibility index (Phi) is 30.4. The topological polar surface area (TPSA) is 59.8 Å². The average molecular weight is 964 g/mol. The van der Waals surface area contributed by atoms with Gasteiger partial charge in [0.2, 0.25) is 0 Å². The Hall–Kier alpha value is -0.240. The highest BCUT2D eigenvalue weighted by Gasteiger charge is 2.41. The van der Waals surface area contributed by atoms with Crippen LogP contribution in [-0.4, -0.2) is 105 Å². The van der Waals surface area contributed by atoms with Gasteiger partial charge in [0.05, 0.1) is 0 Å². The minimum atomic E-state index is 0. The maximum Gasteiger partial charge on any atom is 0.0101 e. The highest BCUT2D eigenvalue weighted by molar-refractivity contribution is 4.95. The van der Waals surface area contributed by atoms with Crippen molar-refractivity contribution >= 4 is 0 Å². The number of hydrogen-bond acceptors (Lipinski definition) is 6. The van der Waals surface area contributed by atoms with Gasteiger partial charge in [-0.2, -0.15) is 0 Å².